The maximum absolute atomic E-state index is 11.9. The van der Waals surface area contributed by atoms with E-state index in [1.165, 1.54) is 17.4 Å². The fraction of sp³-hybridized carbons (Fsp3) is 0.188. The Hall–Kier alpha value is -1.89. The summed E-state index contributed by atoms with van der Waals surface area (Å²) in [7, 11) is 0. The minimum Gasteiger partial charge on any atom is -0.466 e. The minimum absolute atomic E-state index is 0.0827. The van der Waals surface area contributed by atoms with Gasteiger partial charge < -0.3 is 4.74 Å². The summed E-state index contributed by atoms with van der Waals surface area (Å²) in [6, 6.07) is 5.07. The summed E-state index contributed by atoms with van der Waals surface area (Å²) in [5.41, 5.74) is 1.31. The van der Waals surface area contributed by atoms with Crippen molar-refractivity contribution < 1.29 is 14.3 Å². The van der Waals surface area contributed by atoms with Crippen LogP contribution < -0.4 is 5.32 Å². The lowest BCUT2D eigenvalue weighted by atomic mass is 10.2. The maximum atomic E-state index is 11.9. The number of aromatic nitrogens is 1. The Balaban J connectivity index is 1.92. The summed E-state index contributed by atoms with van der Waals surface area (Å²) in [5.74, 6) is -0.682. The van der Waals surface area contributed by atoms with E-state index < -0.39 is 0 Å². The third kappa shape index (κ3) is 5.63. The summed E-state index contributed by atoms with van der Waals surface area (Å²) in [6.07, 6.45) is 3.07. The molecule has 0 saturated carbocycles. The van der Waals surface area contributed by atoms with Crippen molar-refractivity contribution in [2.24, 2.45) is 0 Å². The van der Waals surface area contributed by atoms with Crippen molar-refractivity contribution in [3.63, 3.8) is 0 Å². The average Bonchev–Trinajstić information content (AvgIpc) is 2.95. The molecule has 1 aromatic carbocycles. The molecule has 8 heteroatoms. The van der Waals surface area contributed by atoms with E-state index in [-0.39, 0.29) is 18.3 Å². The first kappa shape index (κ1) is 18.4. The summed E-state index contributed by atoms with van der Waals surface area (Å²) in [4.78, 5) is 27.4. The van der Waals surface area contributed by atoms with Crippen LogP contribution in [-0.2, 0) is 20.7 Å². The van der Waals surface area contributed by atoms with Crippen LogP contribution in [0.2, 0.25) is 10.0 Å². The van der Waals surface area contributed by atoms with Gasteiger partial charge in [0.1, 0.15) is 0 Å². The maximum Gasteiger partial charge on any atom is 0.311 e. The van der Waals surface area contributed by atoms with E-state index in [4.69, 9.17) is 27.9 Å². The van der Waals surface area contributed by atoms with Crippen LogP contribution in [0.15, 0.2) is 29.7 Å². The molecule has 0 aliphatic carbocycles. The topological polar surface area (TPSA) is 68.3 Å². The number of rotatable bonds is 6. The minimum atomic E-state index is -0.347. The van der Waals surface area contributed by atoms with Gasteiger partial charge >= 0.3 is 5.97 Å². The van der Waals surface area contributed by atoms with Crippen LogP contribution in [0.5, 0.6) is 0 Å². The highest BCUT2D eigenvalue weighted by molar-refractivity contribution is 7.14. The predicted octanol–water partition coefficient (Wildman–Crippen LogP) is 4.21. The van der Waals surface area contributed by atoms with Gasteiger partial charge in [0.2, 0.25) is 5.91 Å². The Labute approximate surface area is 153 Å². The number of nitrogens with zero attached hydrogens (tertiary/aromatic N) is 1. The Morgan fingerprint density at radius 1 is 1.33 bits per heavy atom. The molecule has 1 aromatic heterocycles. The zero-order valence-electron chi connectivity index (χ0n) is 12.7. The number of hydrogen-bond acceptors (Lipinski definition) is 5. The standard InChI is InChI=1S/C16H14Cl2N2O3S/c1-2-23-15(22)8-11-9-24-16(19-11)20-14(21)6-4-10-3-5-12(17)13(18)7-10/h3-7,9H,2,8H2,1H3,(H,19,20,21)/b6-4+. The number of esters is 1. The zero-order valence-corrected chi connectivity index (χ0v) is 15.0. The van der Waals surface area contributed by atoms with Crippen molar-refractivity contribution in [3.8, 4) is 0 Å². The van der Waals surface area contributed by atoms with Gasteiger partial charge in [-0.2, -0.15) is 0 Å². The van der Waals surface area contributed by atoms with Crippen molar-refractivity contribution in [1.29, 1.82) is 0 Å². The molecule has 126 valence electrons. The first-order valence-electron chi connectivity index (χ1n) is 7.02. The van der Waals surface area contributed by atoms with Gasteiger partial charge in [0, 0.05) is 11.5 Å². The van der Waals surface area contributed by atoms with Crippen LogP contribution in [0.3, 0.4) is 0 Å². The Bertz CT molecular complexity index is 774. The molecule has 1 N–H and O–H groups in total. The lowest BCUT2D eigenvalue weighted by Crippen LogP contribution is -2.09. The van der Waals surface area contributed by atoms with E-state index in [0.29, 0.717) is 27.5 Å². The highest BCUT2D eigenvalue weighted by Crippen LogP contribution is 2.23. The highest BCUT2D eigenvalue weighted by atomic mass is 35.5. The normalized spacial score (nSPS) is 10.8. The van der Waals surface area contributed by atoms with E-state index in [1.807, 2.05) is 0 Å². The molecule has 2 rings (SSSR count). The van der Waals surface area contributed by atoms with Crippen LogP contribution in [0, 0.1) is 0 Å². The first-order chi connectivity index (χ1) is 11.5. The van der Waals surface area contributed by atoms with Gasteiger partial charge in [0.15, 0.2) is 5.13 Å². The summed E-state index contributed by atoms with van der Waals surface area (Å²) < 4.78 is 4.85. The summed E-state index contributed by atoms with van der Waals surface area (Å²) in [6.45, 7) is 2.07. The number of halogens is 2. The monoisotopic (exact) mass is 384 g/mol. The Morgan fingerprint density at radius 3 is 2.83 bits per heavy atom. The van der Waals surface area contributed by atoms with Crippen LogP contribution in [0.25, 0.3) is 6.08 Å². The van der Waals surface area contributed by atoms with Crippen LogP contribution >= 0.6 is 34.5 Å². The molecule has 0 fully saturated rings. The molecule has 0 radical (unpaired) electrons. The summed E-state index contributed by atoms with van der Waals surface area (Å²) in [5, 5.41) is 5.63. The van der Waals surface area contributed by atoms with Crippen molar-refractivity contribution in [3.05, 3.63) is 51.0 Å². The number of nitrogens with one attached hydrogen (secondary N) is 1. The van der Waals surface area contributed by atoms with Crippen molar-refractivity contribution in [1.82, 2.24) is 4.98 Å². The van der Waals surface area contributed by atoms with E-state index in [0.717, 1.165) is 5.56 Å². The zero-order chi connectivity index (χ0) is 17.5. The van der Waals surface area contributed by atoms with Crippen molar-refractivity contribution in [2.45, 2.75) is 13.3 Å². The average molecular weight is 385 g/mol. The first-order valence-corrected chi connectivity index (χ1v) is 8.65. The molecule has 1 amide bonds. The molecule has 2 aromatic rings. The molecule has 0 unspecified atom stereocenters. The number of ether oxygens (including phenoxy) is 1. The smallest absolute Gasteiger partial charge is 0.311 e. The van der Waals surface area contributed by atoms with Crippen LogP contribution in [0.1, 0.15) is 18.2 Å². The lowest BCUT2D eigenvalue weighted by Gasteiger charge is -1.99. The van der Waals surface area contributed by atoms with Gasteiger partial charge in [-0.25, -0.2) is 4.98 Å². The molecule has 5 nitrogen and oxygen atoms in total. The van der Waals surface area contributed by atoms with Gasteiger partial charge in [-0.05, 0) is 30.7 Å². The second-order valence-electron chi connectivity index (χ2n) is 4.62. The largest absolute Gasteiger partial charge is 0.466 e. The van der Waals surface area contributed by atoms with Gasteiger partial charge in [0.25, 0.3) is 0 Å². The molecular weight excluding hydrogens is 371 g/mol. The van der Waals surface area contributed by atoms with E-state index in [2.05, 4.69) is 10.3 Å². The molecule has 0 saturated heterocycles. The molecule has 0 aliphatic heterocycles. The second kappa shape index (κ2) is 8.82. The fourth-order valence-electron chi connectivity index (χ4n) is 1.74. The van der Waals surface area contributed by atoms with Gasteiger partial charge in [0.05, 0.1) is 28.8 Å². The molecule has 0 bridgehead atoms. The number of carbonyl (C=O) groups excluding carboxylic acids is 2. The van der Waals surface area contributed by atoms with Gasteiger partial charge in [-0.3, -0.25) is 14.9 Å². The number of benzene rings is 1. The summed E-state index contributed by atoms with van der Waals surface area (Å²) >= 11 is 13.0. The molecular formula is C16H14Cl2N2O3S. The molecule has 0 atom stereocenters. The number of anilines is 1. The van der Waals surface area contributed by atoms with Crippen LogP contribution in [-0.4, -0.2) is 23.5 Å². The third-order valence-corrected chi connectivity index (χ3v) is 4.33. The molecule has 1 heterocycles. The third-order valence-electron chi connectivity index (χ3n) is 2.78. The molecule has 0 aliphatic rings. The highest BCUT2D eigenvalue weighted by Gasteiger charge is 2.09. The van der Waals surface area contributed by atoms with Gasteiger partial charge in [-0.15, -0.1) is 11.3 Å². The quantitative estimate of drug-likeness (QED) is 0.598. The Kier molecular flexibility index (Phi) is 6.78. The predicted molar refractivity (Wildman–Crippen MR) is 96.6 cm³/mol. The van der Waals surface area contributed by atoms with E-state index in [1.54, 1.807) is 36.6 Å². The van der Waals surface area contributed by atoms with Crippen molar-refractivity contribution >= 4 is 57.6 Å². The Morgan fingerprint density at radius 2 is 2.12 bits per heavy atom. The molecule has 0 spiro atoms. The second-order valence-corrected chi connectivity index (χ2v) is 6.29. The SMILES string of the molecule is CCOC(=O)Cc1csc(NC(=O)/C=C/c2ccc(Cl)c(Cl)c2)n1. The van der Waals surface area contributed by atoms with Crippen molar-refractivity contribution in [2.75, 3.05) is 11.9 Å². The van der Waals surface area contributed by atoms with Crippen LogP contribution in [0.4, 0.5) is 5.13 Å². The van der Waals surface area contributed by atoms with Gasteiger partial charge in [-0.1, -0.05) is 29.3 Å². The number of thiazole rings is 1. The number of hydrogen-bond donors (Lipinski definition) is 1. The lowest BCUT2D eigenvalue weighted by molar-refractivity contribution is -0.142. The van der Waals surface area contributed by atoms with E-state index >= 15 is 0 Å². The fourth-order valence-corrected chi connectivity index (χ4v) is 2.76. The number of amides is 1. The molecule has 24 heavy (non-hydrogen) atoms. The van der Waals surface area contributed by atoms with E-state index in [9.17, 15) is 9.59 Å². The number of carbonyl (C=O) groups is 2.